The summed E-state index contributed by atoms with van der Waals surface area (Å²) in [6.45, 7) is 3.16. The molecule has 170 valence electrons. The molecule has 1 saturated heterocycles. The summed E-state index contributed by atoms with van der Waals surface area (Å²) in [6, 6.07) is 7.61. The summed E-state index contributed by atoms with van der Waals surface area (Å²) in [5.41, 5.74) is 3.22. The number of carbonyl (C=O) groups is 2. The molecule has 2 aromatic rings. The molecule has 3 heterocycles. The lowest BCUT2D eigenvalue weighted by molar-refractivity contribution is 0.0541. The molecule has 0 saturated carbocycles. The highest BCUT2D eigenvalue weighted by Gasteiger charge is 2.31. The van der Waals surface area contributed by atoms with Crippen LogP contribution in [0.15, 0.2) is 30.5 Å². The molecule has 8 nitrogen and oxygen atoms in total. The molecule has 32 heavy (non-hydrogen) atoms. The number of rotatable bonds is 5. The van der Waals surface area contributed by atoms with Crippen molar-refractivity contribution in [2.24, 2.45) is 0 Å². The molecule has 0 N–H and O–H groups in total. The topological polar surface area (TPSA) is 81.2 Å². The van der Waals surface area contributed by atoms with E-state index in [4.69, 9.17) is 14.2 Å². The Morgan fingerprint density at radius 1 is 1.03 bits per heavy atom. The molecule has 1 atom stereocenters. The third-order valence-electron chi connectivity index (χ3n) is 6.35. The molecule has 1 fully saturated rings. The Bertz CT molecular complexity index is 992. The van der Waals surface area contributed by atoms with Gasteiger partial charge in [-0.05, 0) is 54.7 Å². The van der Waals surface area contributed by atoms with E-state index >= 15 is 0 Å². The van der Waals surface area contributed by atoms with Gasteiger partial charge in [-0.15, -0.1) is 0 Å². The number of amides is 1. The average Bonchev–Trinajstić information content (AvgIpc) is 2.86. The maximum Gasteiger partial charge on any atom is 0.339 e. The van der Waals surface area contributed by atoms with Gasteiger partial charge in [0, 0.05) is 38.4 Å². The summed E-state index contributed by atoms with van der Waals surface area (Å²) in [6.07, 6.45) is 4.34. The van der Waals surface area contributed by atoms with Gasteiger partial charge in [-0.1, -0.05) is 0 Å². The van der Waals surface area contributed by atoms with E-state index in [1.165, 1.54) is 24.4 Å². The van der Waals surface area contributed by atoms with Gasteiger partial charge in [0.1, 0.15) is 5.69 Å². The summed E-state index contributed by atoms with van der Waals surface area (Å²) in [4.78, 5) is 33.2. The fraction of sp³-hybridized carbons (Fsp3) is 0.458. The summed E-state index contributed by atoms with van der Waals surface area (Å²) in [5.74, 6) is 0.943. The SMILES string of the molecule is COC(=O)c1ccc(C(=O)N2CCCC(N3CCc4cc(OC)c(OC)cc4C3)C2)nc1. The molecule has 0 aliphatic carbocycles. The lowest BCUT2D eigenvalue weighted by atomic mass is 9.95. The lowest BCUT2D eigenvalue weighted by Crippen LogP contribution is -2.51. The second kappa shape index (κ2) is 9.56. The maximum atomic E-state index is 13.0. The standard InChI is InChI=1S/C24H29N3O5/c1-30-21-11-16-8-10-26(14-18(16)12-22(21)31-2)19-5-4-9-27(15-19)23(28)20-7-6-17(13-25-20)24(29)32-3/h6-7,11-13,19H,4-5,8-10,14-15H2,1-3H3. The van der Waals surface area contributed by atoms with Gasteiger partial charge in [0.15, 0.2) is 11.5 Å². The number of nitrogens with zero attached hydrogens (tertiary/aromatic N) is 3. The predicted octanol–water partition coefficient (Wildman–Crippen LogP) is 2.55. The first-order valence-corrected chi connectivity index (χ1v) is 10.9. The highest BCUT2D eigenvalue weighted by Crippen LogP contribution is 2.34. The van der Waals surface area contributed by atoms with Crippen LogP contribution in [0.4, 0.5) is 0 Å². The molecule has 1 unspecified atom stereocenters. The predicted molar refractivity (Wildman–Crippen MR) is 118 cm³/mol. The van der Waals surface area contributed by atoms with Gasteiger partial charge in [-0.25, -0.2) is 4.79 Å². The number of benzene rings is 1. The molecule has 1 aromatic heterocycles. The van der Waals surface area contributed by atoms with Crippen LogP contribution in [-0.2, 0) is 17.7 Å². The number of aromatic nitrogens is 1. The van der Waals surface area contributed by atoms with E-state index in [2.05, 4.69) is 22.0 Å². The van der Waals surface area contributed by atoms with Crippen LogP contribution in [0.1, 0.15) is 44.8 Å². The zero-order chi connectivity index (χ0) is 22.7. The van der Waals surface area contributed by atoms with Gasteiger partial charge in [0.05, 0.1) is 26.9 Å². The third kappa shape index (κ3) is 4.41. The number of methoxy groups -OCH3 is 3. The third-order valence-corrected chi connectivity index (χ3v) is 6.35. The van der Waals surface area contributed by atoms with Gasteiger partial charge in [0.2, 0.25) is 0 Å². The molecule has 8 heteroatoms. The molecule has 0 spiro atoms. The Labute approximate surface area is 188 Å². The first-order chi connectivity index (χ1) is 15.5. The fourth-order valence-electron chi connectivity index (χ4n) is 4.57. The number of hydrogen-bond acceptors (Lipinski definition) is 7. The average molecular weight is 440 g/mol. The van der Waals surface area contributed by atoms with E-state index in [1.807, 2.05) is 4.90 Å². The summed E-state index contributed by atoms with van der Waals surface area (Å²) >= 11 is 0. The Morgan fingerprint density at radius 3 is 2.44 bits per heavy atom. The van der Waals surface area contributed by atoms with Crippen molar-refractivity contribution in [2.45, 2.75) is 31.8 Å². The van der Waals surface area contributed by atoms with Crippen LogP contribution in [0.2, 0.25) is 0 Å². The van der Waals surface area contributed by atoms with Crippen molar-refractivity contribution in [2.75, 3.05) is 41.0 Å². The van der Waals surface area contributed by atoms with Crippen LogP contribution >= 0.6 is 0 Å². The van der Waals surface area contributed by atoms with Crippen LogP contribution in [0.5, 0.6) is 11.5 Å². The van der Waals surface area contributed by atoms with Crippen molar-refractivity contribution in [3.63, 3.8) is 0 Å². The Balaban J connectivity index is 1.44. The van der Waals surface area contributed by atoms with E-state index < -0.39 is 5.97 Å². The largest absolute Gasteiger partial charge is 0.493 e. The van der Waals surface area contributed by atoms with Gasteiger partial charge >= 0.3 is 5.97 Å². The maximum absolute atomic E-state index is 13.0. The van der Waals surface area contributed by atoms with Crippen LogP contribution in [0.25, 0.3) is 0 Å². The highest BCUT2D eigenvalue weighted by molar-refractivity contribution is 5.94. The van der Waals surface area contributed by atoms with Gasteiger partial charge < -0.3 is 19.1 Å². The zero-order valence-electron chi connectivity index (χ0n) is 18.8. The Kier molecular flexibility index (Phi) is 6.60. The van der Waals surface area contributed by atoms with E-state index in [0.29, 0.717) is 30.4 Å². The minimum Gasteiger partial charge on any atom is -0.493 e. The van der Waals surface area contributed by atoms with Crippen LogP contribution in [0, 0.1) is 0 Å². The Hall–Kier alpha value is -3.13. The molecule has 4 rings (SSSR count). The molecule has 0 radical (unpaired) electrons. The first kappa shape index (κ1) is 22.1. The van der Waals surface area contributed by atoms with E-state index in [0.717, 1.165) is 43.9 Å². The summed E-state index contributed by atoms with van der Waals surface area (Å²) < 4.78 is 15.6. The zero-order valence-corrected chi connectivity index (χ0v) is 18.8. The quantitative estimate of drug-likeness (QED) is 0.663. The molecule has 0 bridgehead atoms. The number of esters is 1. The molecule has 1 amide bonds. The number of pyridine rings is 1. The van der Waals surface area contributed by atoms with Crippen molar-refractivity contribution >= 4 is 11.9 Å². The minimum absolute atomic E-state index is 0.102. The van der Waals surface area contributed by atoms with Crippen molar-refractivity contribution in [1.29, 1.82) is 0 Å². The molecule has 2 aliphatic heterocycles. The Morgan fingerprint density at radius 2 is 1.78 bits per heavy atom. The molecular formula is C24H29N3O5. The number of likely N-dealkylation sites (tertiary alicyclic amines) is 1. The number of fused-ring (bicyclic) bond motifs is 1. The number of ether oxygens (including phenoxy) is 3. The van der Waals surface area contributed by atoms with E-state index in [1.54, 1.807) is 26.4 Å². The fourth-order valence-corrected chi connectivity index (χ4v) is 4.57. The van der Waals surface area contributed by atoms with E-state index in [9.17, 15) is 9.59 Å². The minimum atomic E-state index is -0.464. The number of carbonyl (C=O) groups excluding carboxylic acids is 2. The van der Waals surface area contributed by atoms with Gasteiger partial charge in [-0.2, -0.15) is 0 Å². The summed E-state index contributed by atoms with van der Waals surface area (Å²) in [7, 11) is 4.63. The normalized spacial score (nSPS) is 18.6. The van der Waals surface area contributed by atoms with Crippen molar-refractivity contribution in [3.8, 4) is 11.5 Å². The van der Waals surface area contributed by atoms with Crippen molar-refractivity contribution in [1.82, 2.24) is 14.8 Å². The number of piperidine rings is 1. The molecule has 1 aromatic carbocycles. The second-order valence-electron chi connectivity index (χ2n) is 8.17. The van der Waals surface area contributed by atoms with Gasteiger partial charge in [-0.3, -0.25) is 14.7 Å². The second-order valence-corrected chi connectivity index (χ2v) is 8.17. The van der Waals surface area contributed by atoms with Crippen LogP contribution < -0.4 is 9.47 Å². The van der Waals surface area contributed by atoms with Crippen molar-refractivity contribution in [3.05, 3.63) is 52.8 Å². The van der Waals surface area contributed by atoms with Crippen LogP contribution in [-0.4, -0.2) is 73.7 Å². The van der Waals surface area contributed by atoms with Gasteiger partial charge in [0.25, 0.3) is 5.91 Å². The van der Waals surface area contributed by atoms with Crippen molar-refractivity contribution < 1.29 is 23.8 Å². The summed E-state index contributed by atoms with van der Waals surface area (Å²) in [5, 5.41) is 0. The smallest absolute Gasteiger partial charge is 0.339 e. The van der Waals surface area contributed by atoms with E-state index in [-0.39, 0.29) is 5.91 Å². The van der Waals surface area contributed by atoms with Crippen LogP contribution in [0.3, 0.4) is 0 Å². The monoisotopic (exact) mass is 439 g/mol. The highest BCUT2D eigenvalue weighted by atomic mass is 16.5. The molecular weight excluding hydrogens is 410 g/mol. The first-order valence-electron chi connectivity index (χ1n) is 10.9. The number of hydrogen-bond donors (Lipinski definition) is 0. The molecule has 2 aliphatic rings. The lowest BCUT2D eigenvalue weighted by Gasteiger charge is -2.41.